The van der Waals surface area contributed by atoms with Crippen molar-refractivity contribution in [3.05, 3.63) is 53.5 Å². The predicted molar refractivity (Wildman–Crippen MR) is 72.2 cm³/mol. The predicted octanol–water partition coefficient (Wildman–Crippen LogP) is 2.66. The van der Waals surface area contributed by atoms with E-state index in [2.05, 4.69) is 15.3 Å². The molecule has 1 heterocycles. The monoisotopic (exact) mass is 257 g/mol. The largest absolute Gasteiger partial charge is 0.477 e. The summed E-state index contributed by atoms with van der Waals surface area (Å²) in [5.74, 6) is -0.710. The number of hydrogen-bond acceptors (Lipinski definition) is 4. The fraction of sp³-hybridized carbons (Fsp3) is 0.214. The Kier molecular flexibility index (Phi) is 3.75. The minimum atomic E-state index is -1.04. The molecule has 0 bridgehead atoms. The number of nitrogens with one attached hydrogen (secondary N) is 1. The molecule has 98 valence electrons. The number of carbonyl (C=O) groups is 1. The second-order valence-corrected chi connectivity index (χ2v) is 4.31. The van der Waals surface area contributed by atoms with Gasteiger partial charge in [0.15, 0.2) is 0 Å². The maximum Gasteiger partial charge on any atom is 0.341 e. The normalized spacial score (nSPS) is 11.9. The van der Waals surface area contributed by atoms with Crippen LogP contribution in [0.5, 0.6) is 0 Å². The highest BCUT2D eigenvalue weighted by Crippen LogP contribution is 2.22. The van der Waals surface area contributed by atoms with Gasteiger partial charge < -0.3 is 10.4 Å². The SMILES string of the molecule is Cc1ccccc1C(C)Nc1ncncc1C(=O)O. The van der Waals surface area contributed by atoms with E-state index in [-0.39, 0.29) is 11.6 Å². The van der Waals surface area contributed by atoms with Gasteiger partial charge in [-0.2, -0.15) is 0 Å². The fourth-order valence-corrected chi connectivity index (χ4v) is 1.96. The standard InChI is InChI=1S/C14H15N3O2/c1-9-5-3-4-6-11(9)10(2)17-13-12(14(18)19)7-15-8-16-13/h3-8,10H,1-2H3,(H,18,19)(H,15,16,17). The van der Waals surface area contributed by atoms with Crippen molar-refractivity contribution in [3.63, 3.8) is 0 Å². The van der Waals surface area contributed by atoms with E-state index in [4.69, 9.17) is 5.11 Å². The van der Waals surface area contributed by atoms with Crippen molar-refractivity contribution in [2.45, 2.75) is 19.9 Å². The number of hydrogen-bond donors (Lipinski definition) is 2. The third-order valence-corrected chi connectivity index (χ3v) is 2.95. The van der Waals surface area contributed by atoms with Crippen molar-refractivity contribution in [2.75, 3.05) is 5.32 Å². The van der Waals surface area contributed by atoms with Crippen LogP contribution in [0.1, 0.15) is 34.5 Å². The average Bonchev–Trinajstić information content (AvgIpc) is 2.39. The van der Waals surface area contributed by atoms with Gasteiger partial charge in [-0.1, -0.05) is 24.3 Å². The number of aromatic carboxylic acids is 1. The molecule has 0 aliphatic carbocycles. The van der Waals surface area contributed by atoms with Crippen LogP contribution in [0, 0.1) is 6.92 Å². The number of carboxylic acids is 1. The molecule has 2 rings (SSSR count). The van der Waals surface area contributed by atoms with E-state index in [0.717, 1.165) is 11.1 Å². The lowest BCUT2D eigenvalue weighted by Gasteiger charge is -2.17. The van der Waals surface area contributed by atoms with Crippen molar-refractivity contribution in [1.82, 2.24) is 9.97 Å². The number of benzene rings is 1. The summed E-state index contributed by atoms with van der Waals surface area (Å²) in [5.41, 5.74) is 2.33. The van der Waals surface area contributed by atoms with Gasteiger partial charge >= 0.3 is 5.97 Å². The smallest absolute Gasteiger partial charge is 0.341 e. The third kappa shape index (κ3) is 2.88. The van der Waals surface area contributed by atoms with Gasteiger partial charge in [0, 0.05) is 6.20 Å². The van der Waals surface area contributed by atoms with Crippen molar-refractivity contribution in [3.8, 4) is 0 Å². The Labute approximate surface area is 111 Å². The lowest BCUT2D eigenvalue weighted by atomic mass is 10.0. The number of carboxylic acid groups (broad SMARTS) is 1. The molecule has 0 aliphatic heterocycles. The van der Waals surface area contributed by atoms with E-state index < -0.39 is 5.97 Å². The Morgan fingerprint density at radius 1 is 1.37 bits per heavy atom. The molecule has 0 saturated carbocycles. The molecule has 1 atom stereocenters. The van der Waals surface area contributed by atoms with Gasteiger partial charge in [0.1, 0.15) is 17.7 Å². The molecule has 2 N–H and O–H groups in total. The second kappa shape index (κ2) is 5.48. The minimum absolute atomic E-state index is 0.0331. The fourth-order valence-electron chi connectivity index (χ4n) is 1.96. The van der Waals surface area contributed by atoms with Crippen LogP contribution in [0.4, 0.5) is 5.82 Å². The molecule has 1 aromatic heterocycles. The average molecular weight is 257 g/mol. The molecule has 0 amide bonds. The zero-order valence-corrected chi connectivity index (χ0v) is 10.8. The van der Waals surface area contributed by atoms with Crippen LogP contribution in [0.15, 0.2) is 36.8 Å². The molecule has 1 aromatic carbocycles. The number of anilines is 1. The zero-order valence-electron chi connectivity index (χ0n) is 10.8. The first-order valence-electron chi connectivity index (χ1n) is 5.95. The Balaban J connectivity index is 2.27. The summed E-state index contributed by atoms with van der Waals surface area (Å²) in [5, 5.41) is 12.2. The first-order chi connectivity index (χ1) is 9.09. The highest BCUT2D eigenvalue weighted by Gasteiger charge is 2.15. The summed E-state index contributed by atoms with van der Waals surface area (Å²) in [6.45, 7) is 3.99. The Hall–Kier alpha value is -2.43. The van der Waals surface area contributed by atoms with E-state index in [1.807, 2.05) is 38.1 Å². The van der Waals surface area contributed by atoms with Gasteiger partial charge in [-0.05, 0) is 25.0 Å². The Morgan fingerprint density at radius 3 is 2.79 bits per heavy atom. The molecular formula is C14H15N3O2. The van der Waals surface area contributed by atoms with Crippen LogP contribution in [0.3, 0.4) is 0 Å². The Morgan fingerprint density at radius 2 is 2.11 bits per heavy atom. The van der Waals surface area contributed by atoms with Crippen LogP contribution >= 0.6 is 0 Å². The van der Waals surface area contributed by atoms with Gasteiger partial charge in [-0.25, -0.2) is 14.8 Å². The van der Waals surface area contributed by atoms with Crippen LogP contribution in [0.2, 0.25) is 0 Å². The molecule has 1 unspecified atom stereocenters. The molecule has 0 spiro atoms. The van der Waals surface area contributed by atoms with Crippen LogP contribution < -0.4 is 5.32 Å². The summed E-state index contributed by atoms with van der Waals surface area (Å²) >= 11 is 0. The minimum Gasteiger partial charge on any atom is -0.477 e. The summed E-state index contributed by atoms with van der Waals surface area (Å²) in [6, 6.07) is 7.92. The molecule has 0 saturated heterocycles. The van der Waals surface area contributed by atoms with E-state index in [1.165, 1.54) is 12.5 Å². The van der Waals surface area contributed by atoms with Gasteiger partial charge in [-0.15, -0.1) is 0 Å². The van der Waals surface area contributed by atoms with E-state index in [1.54, 1.807) is 0 Å². The number of aromatic nitrogens is 2. The van der Waals surface area contributed by atoms with Crippen molar-refractivity contribution in [2.24, 2.45) is 0 Å². The van der Waals surface area contributed by atoms with Crippen molar-refractivity contribution in [1.29, 1.82) is 0 Å². The first kappa shape index (κ1) is 13.0. The number of nitrogens with zero attached hydrogens (tertiary/aromatic N) is 2. The molecule has 19 heavy (non-hydrogen) atoms. The van der Waals surface area contributed by atoms with Gasteiger partial charge in [0.2, 0.25) is 0 Å². The van der Waals surface area contributed by atoms with Crippen LogP contribution in [-0.2, 0) is 0 Å². The van der Waals surface area contributed by atoms with Crippen molar-refractivity contribution < 1.29 is 9.90 Å². The third-order valence-electron chi connectivity index (χ3n) is 2.95. The van der Waals surface area contributed by atoms with E-state index in [9.17, 15) is 4.79 Å². The molecule has 0 radical (unpaired) electrons. The molecular weight excluding hydrogens is 242 g/mol. The molecule has 2 aromatic rings. The summed E-state index contributed by atoms with van der Waals surface area (Å²) in [6.07, 6.45) is 2.63. The lowest BCUT2D eigenvalue weighted by Crippen LogP contribution is -2.13. The van der Waals surface area contributed by atoms with Crippen LogP contribution in [-0.4, -0.2) is 21.0 Å². The molecule has 5 heteroatoms. The number of rotatable bonds is 4. The molecule has 5 nitrogen and oxygen atoms in total. The van der Waals surface area contributed by atoms with E-state index >= 15 is 0 Å². The summed E-state index contributed by atoms with van der Waals surface area (Å²) in [7, 11) is 0. The van der Waals surface area contributed by atoms with Gasteiger partial charge in [0.05, 0.1) is 6.04 Å². The highest BCUT2D eigenvalue weighted by atomic mass is 16.4. The second-order valence-electron chi connectivity index (χ2n) is 4.31. The maximum atomic E-state index is 11.1. The lowest BCUT2D eigenvalue weighted by molar-refractivity contribution is 0.0697. The maximum absolute atomic E-state index is 11.1. The molecule has 0 fully saturated rings. The van der Waals surface area contributed by atoms with Gasteiger partial charge in [-0.3, -0.25) is 0 Å². The molecule has 0 aliphatic rings. The zero-order chi connectivity index (χ0) is 13.8. The van der Waals surface area contributed by atoms with Crippen molar-refractivity contribution >= 4 is 11.8 Å². The quantitative estimate of drug-likeness (QED) is 0.880. The topological polar surface area (TPSA) is 75.1 Å². The highest BCUT2D eigenvalue weighted by molar-refractivity contribution is 5.92. The Bertz CT molecular complexity index is 599. The number of aryl methyl sites for hydroxylation is 1. The first-order valence-corrected chi connectivity index (χ1v) is 5.95. The summed E-state index contributed by atoms with van der Waals surface area (Å²) in [4.78, 5) is 18.8. The summed E-state index contributed by atoms with van der Waals surface area (Å²) < 4.78 is 0. The van der Waals surface area contributed by atoms with Crippen LogP contribution in [0.25, 0.3) is 0 Å². The van der Waals surface area contributed by atoms with Gasteiger partial charge in [0.25, 0.3) is 0 Å². The van der Waals surface area contributed by atoms with E-state index in [0.29, 0.717) is 5.82 Å².